The van der Waals surface area contributed by atoms with Gasteiger partial charge in [-0.1, -0.05) is 133 Å². The zero-order valence-corrected chi connectivity index (χ0v) is 24.0. The Hall–Kier alpha value is -5.45. The van der Waals surface area contributed by atoms with Crippen molar-refractivity contribution in [2.24, 2.45) is 0 Å². The normalized spacial score (nSPS) is 11.3. The Morgan fingerprint density at radius 3 is 1.70 bits per heavy atom. The lowest BCUT2D eigenvalue weighted by atomic mass is 9.95. The zero-order chi connectivity index (χ0) is 28.6. The molecule has 0 aliphatic heterocycles. The Kier molecular flexibility index (Phi) is 6.32. The molecule has 0 N–H and O–H groups in total. The zero-order valence-electron chi connectivity index (χ0n) is 23.2. The van der Waals surface area contributed by atoms with Gasteiger partial charge in [0.15, 0.2) is 17.5 Å². The lowest BCUT2D eigenvalue weighted by molar-refractivity contribution is 1.08. The van der Waals surface area contributed by atoms with Gasteiger partial charge in [-0.25, -0.2) is 15.0 Å². The molecule has 0 saturated heterocycles. The molecular formula is C39H25N3S. The fraction of sp³-hybridized carbons (Fsp3) is 0. The second-order valence-electron chi connectivity index (χ2n) is 10.4. The molecule has 3 nitrogen and oxygen atoms in total. The van der Waals surface area contributed by atoms with E-state index in [-0.39, 0.29) is 0 Å². The average Bonchev–Trinajstić information content (AvgIpc) is 3.48. The van der Waals surface area contributed by atoms with E-state index in [1.807, 2.05) is 24.3 Å². The molecule has 2 heterocycles. The number of rotatable bonds is 5. The van der Waals surface area contributed by atoms with Crippen molar-refractivity contribution in [1.82, 2.24) is 15.0 Å². The highest BCUT2D eigenvalue weighted by Gasteiger charge is 2.18. The van der Waals surface area contributed by atoms with Crippen molar-refractivity contribution in [1.29, 1.82) is 0 Å². The number of benzene rings is 6. The van der Waals surface area contributed by atoms with Crippen molar-refractivity contribution in [3.8, 4) is 56.4 Å². The highest BCUT2D eigenvalue weighted by Crippen LogP contribution is 2.40. The van der Waals surface area contributed by atoms with E-state index in [1.165, 1.54) is 31.3 Å². The summed E-state index contributed by atoms with van der Waals surface area (Å²) in [5.74, 6) is 1.99. The Labute approximate surface area is 253 Å². The summed E-state index contributed by atoms with van der Waals surface area (Å²) in [6.07, 6.45) is 0. The minimum Gasteiger partial charge on any atom is -0.208 e. The SMILES string of the molecule is c1ccc(-c2cccc(-c3ccccc3-c3nc(-c4ccccc4)nc(-c4cccc5c4sc4ccccc45)n3)c2)cc1. The Morgan fingerprint density at radius 2 is 0.884 bits per heavy atom. The number of hydrogen-bond donors (Lipinski definition) is 0. The van der Waals surface area contributed by atoms with E-state index in [4.69, 9.17) is 15.0 Å². The van der Waals surface area contributed by atoms with Gasteiger partial charge >= 0.3 is 0 Å². The topological polar surface area (TPSA) is 38.7 Å². The van der Waals surface area contributed by atoms with Crippen molar-refractivity contribution < 1.29 is 0 Å². The molecule has 0 atom stereocenters. The number of fused-ring (bicyclic) bond motifs is 3. The fourth-order valence-electron chi connectivity index (χ4n) is 5.68. The van der Waals surface area contributed by atoms with Gasteiger partial charge in [0.05, 0.1) is 0 Å². The number of hydrogen-bond acceptors (Lipinski definition) is 4. The minimum atomic E-state index is 0.655. The van der Waals surface area contributed by atoms with Crippen LogP contribution in [0.3, 0.4) is 0 Å². The van der Waals surface area contributed by atoms with Crippen LogP contribution in [0, 0.1) is 0 Å². The van der Waals surface area contributed by atoms with Crippen LogP contribution >= 0.6 is 11.3 Å². The number of thiophene rings is 1. The van der Waals surface area contributed by atoms with Gasteiger partial charge in [0.2, 0.25) is 0 Å². The first-order chi connectivity index (χ1) is 21.3. The smallest absolute Gasteiger partial charge is 0.165 e. The third kappa shape index (κ3) is 4.68. The third-order valence-electron chi connectivity index (χ3n) is 7.76. The van der Waals surface area contributed by atoms with Gasteiger partial charge in [-0.15, -0.1) is 11.3 Å². The summed E-state index contributed by atoms with van der Waals surface area (Å²) < 4.78 is 2.44. The molecule has 2 aromatic heterocycles. The van der Waals surface area contributed by atoms with Crippen molar-refractivity contribution >= 4 is 31.5 Å². The van der Waals surface area contributed by atoms with E-state index in [0.29, 0.717) is 17.5 Å². The predicted octanol–water partition coefficient (Wildman–Crippen LogP) is 10.6. The standard InChI is InChI=1S/C39H25N3S/c1-3-13-26(14-4-1)28-17-11-18-29(25-28)30-19-7-8-21-33(30)38-40-37(27-15-5-2-6-16-27)41-39(42-38)34-23-12-22-32-31-20-9-10-24-35(31)43-36(32)34/h1-25H. The third-order valence-corrected chi connectivity index (χ3v) is 8.98. The second-order valence-corrected chi connectivity index (χ2v) is 11.5. The van der Waals surface area contributed by atoms with Crippen LogP contribution in [0.1, 0.15) is 0 Å². The Morgan fingerprint density at radius 1 is 0.349 bits per heavy atom. The van der Waals surface area contributed by atoms with E-state index < -0.39 is 0 Å². The van der Waals surface area contributed by atoms with Gasteiger partial charge in [0.1, 0.15) is 0 Å². The van der Waals surface area contributed by atoms with Crippen LogP contribution in [-0.2, 0) is 0 Å². The summed E-state index contributed by atoms with van der Waals surface area (Å²) in [6.45, 7) is 0. The quantitative estimate of drug-likeness (QED) is 0.208. The van der Waals surface area contributed by atoms with Crippen molar-refractivity contribution in [3.63, 3.8) is 0 Å². The summed E-state index contributed by atoms with van der Waals surface area (Å²) >= 11 is 1.79. The highest BCUT2D eigenvalue weighted by molar-refractivity contribution is 7.26. The van der Waals surface area contributed by atoms with E-state index >= 15 is 0 Å². The van der Waals surface area contributed by atoms with Crippen LogP contribution in [0.25, 0.3) is 76.6 Å². The molecule has 0 saturated carbocycles. The lowest BCUT2D eigenvalue weighted by Crippen LogP contribution is -2.01. The van der Waals surface area contributed by atoms with Crippen molar-refractivity contribution in [2.75, 3.05) is 0 Å². The average molecular weight is 568 g/mol. The van der Waals surface area contributed by atoms with E-state index in [2.05, 4.69) is 127 Å². The monoisotopic (exact) mass is 567 g/mol. The molecular weight excluding hydrogens is 543 g/mol. The predicted molar refractivity (Wildman–Crippen MR) is 180 cm³/mol. The second kappa shape index (κ2) is 10.8. The fourth-order valence-corrected chi connectivity index (χ4v) is 6.89. The number of nitrogens with zero attached hydrogens (tertiary/aromatic N) is 3. The van der Waals surface area contributed by atoms with Crippen LogP contribution in [-0.4, -0.2) is 15.0 Å². The van der Waals surface area contributed by atoms with Gasteiger partial charge in [0, 0.05) is 36.9 Å². The van der Waals surface area contributed by atoms with Crippen LogP contribution in [0.4, 0.5) is 0 Å². The molecule has 0 spiro atoms. The molecule has 202 valence electrons. The largest absolute Gasteiger partial charge is 0.208 e. The Bertz CT molecular complexity index is 2240. The van der Waals surface area contributed by atoms with Gasteiger partial charge in [-0.05, 0) is 40.5 Å². The molecule has 8 aromatic rings. The van der Waals surface area contributed by atoms with Crippen LogP contribution in [0.5, 0.6) is 0 Å². The van der Waals surface area contributed by atoms with E-state index in [9.17, 15) is 0 Å². The highest BCUT2D eigenvalue weighted by atomic mass is 32.1. The van der Waals surface area contributed by atoms with E-state index in [1.54, 1.807) is 11.3 Å². The summed E-state index contributed by atoms with van der Waals surface area (Å²) in [6, 6.07) is 52.7. The molecule has 0 radical (unpaired) electrons. The molecule has 0 aliphatic rings. The maximum absolute atomic E-state index is 5.17. The molecule has 0 unspecified atom stereocenters. The molecule has 0 fully saturated rings. The summed E-state index contributed by atoms with van der Waals surface area (Å²) in [7, 11) is 0. The summed E-state index contributed by atoms with van der Waals surface area (Å²) in [5.41, 5.74) is 7.50. The molecule has 6 aromatic carbocycles. The van der Waals surface area contributed by atoms with Gasteiger partial charge in [0.25, 0.3) is 0 Å². The van der Waals surface area contributed by atoms with Crippen molar-refractivity contribution in [2.45, 2.75) is 0 Å². The molecule has 4 heteroatoms. The van der Waals surface area contributed by atoms with Crippen LogP contribution in [0.15, 0.2) is 152 Å². The molecule has 8 rings (SSSR count). The molecule has 43 heavy (non-hydrogen) atoms. The molecule has 0 bridgehead atoms. The van der Waals surface area contributed by atoms with Gasteiger partial charge < -0.3 is 0 Å². The van der Waals surface area contributed by atoms with Crippen molar-refractivity contribution in [3.05, 3.63) is 152 Å². The maximum atomic E-state index is 5.17. The van der Waals surface area contributed by atoms with E-state index in [0.717, 1.165) is 27.8 Å². The minimum absolute atomic E-state index is 0.655. The summed E-state index contributed by atoms with van der Waals surface area (Å²) in [4.78, 5) is 15.3. The Balaban J connectivity index is 1.34. The maximum Gasteiger partial charge on any atom is 0.165 e. The van der Waals surface area contributed by atoms with Gasteiger partial charge in [-0.3, -0.25) is 0 Å². The molecule has 0 amide bonds. The number of aromatic nitrogens is 3. The first-order valence-corrected chi connectivity index (χ1v) is 15.1. The lowest BCUT2D eigenvalue weighted by Gasteiger charge is -2.13. The first kappa shape index (κ1) is 25.3. The molecule has 0 aliphatic carbocycles. The summed E-state index contributed by atoms with van der Waals surface area (Å²) in [5, 5.41) is 2.48. The van der Waals surface area contributed by atoms with Gasteiger partial charge in [-0.2, -0.15) is 0 Å². The van der Waals surface area contributed by atoms with Crippen LogP contribution < -0.4 is 0 Å². The van der Waals surface area contributed by atoms with Crippen LogP contribution in [0.2, 0.25) is 0 Å². The first-order valence-electron chi connectivity index (χ1n) is 14.3.